The van der Waals surface area contributed by atoms with Gasteiger partial charge in [-0.15, -0.1) is 0 Å². The van der Waals surface area contributed by atoms with Crippen molar-refractivity contribution in [1.29, 1.82) is 0 Å². The second-order valence-corrected chi connectivity index (χ2v) is 5.61. The third kappa shape index (κ3) is 2.78. The number of carboxylic acid groups (broad SMARTS) is 1. The second-order valence-electron chi connectivity index (χ2n) is 5.61. The standard InChI is InChI=1S/C15H20FNO2/c1-9(2)17-7-12(13(8-17)15(18)19)11-5-4-10(3)14(16)6-11/h4-6,9,12-13H,7-8H2,1-3H3,(H,18,19). The molecule has 1 aliphatic heterocycles. The Hall–Kier alpha value is -1.42. The number of hydrogen-bond acceptors (Lipinski definition) is 2. The number of hydrogen-bond donors (Lipinski definition) is 1. The number of carbonyl (C=O) groups is 1. The molecular weight excluding hydrogens is 245 g/mol. The van der Waals surface area contributed by atoms with Crippen LogP contribution in [0.3, 0.4) is 0 Å². The third-order valence-corrected chi connectivity index (χ3v) is 4.02. The summed E-state index contributed by atoms with van der Waals surface area (Å²) in [5.41, 5.74) is 1.38. The first-order valence-electron chi connectivity index (χ1n) is 6.63. The van der Waals surface area contributed by atoms with Crippen molar-refractivity contribution < 1.29 is 14.3 Å². The molecule has 19 heavy (non-hydrogen) atoms. The first-order valence-corrected chi connectivity index (χ1v) is 6.63. The van der Waals surface area contributed by atoms with Gasteiger partial charge in [0.05, 0.1) is 5.92 Å². The van der Waals surface area contributed by atoms with Crippen LogP contribution < -0.4 is 0 Å². The maximum absolute atomic E-state index is 13.7. The Morgan fingerprint density at radius 2 is 2.11 bits per heavy atom. The van der Waals surface area contributed by atoms with Gasteiger partial charge in [-0.2, -0.15) is 0 Å². The smallest absolute Gasteiger partial charge is 0.308 e. The molecule has 0 aliphatic carbocycles. The van der Waals surface area contributed by atoms with Gasteiger partial charge in [-0.1, -0.05) is 12.1 Å². The van der Waals surface area contributed by atoms with Crippen molar-refractivity contribution in [2.24, 2.45) is 5.92 Å². The van der Waals surface area contributed by atoms with Gasteiger partial charge in [-0.25, -0.2) is 4.39 Å². The minimum Gasteiger partial charge on any atom is -0.481 e. The minimum atomic E-state index is -0.797. The highest BCUT2D eigenvalue weighted by molar-refractivity contribution is 5.72. The average molecular weight is 265 g/mol. The molecule has 1 N–H and O–H groups in total. The van der Waals surface area contributed by atoms with Gasteiger partial charge in [-0.3, -0.25) is 9.69 Å². The fourth-order valence-electron chi connectivity index (χ4n) is 2.68. The van der Waals surface area contributed by atoms with Crippen LogP contribution in [0.15, 0.2) is 18.2 Å². The van der Waals surface area contributed by atoms with Crippen LogP contribution in [-0.2, 0) is 4.79 Å². The molecular formula is C15H20FNO2. The van der Waals surface area contributed by atoms with Crippen molar-refractivity contribution in [2.45, 2.75) is 32.7 Å². The number of rotatable bonds is 3. The molecule has 0 radical (unpaired) electrons. The normalized spacial score (nSPS) is 24.1. The van der Waals surface area contributed by atoms with E-state index in [1.54, 1.807) is 13.0 Å². The van der Waals surface area contributed by atoms with Crippen molar-refractivity contribution in [3.8, 4) is 0 Å². The molecule has 1 aliphatic rings. The van der Waals surface area contributed by atoms with Gasteiger partial charge in [0.25, 0.3) is 0 Å². The largest absolute Gasteiger partial charge is 0.481 e. The molecule has 0 amide bonds. The number of likely N-dealkylation sites (tertiary alicyclic amines) is 1. The van der Waals surface area contributed by atoms with E-state index >= 15 is 0 Å². The van der Waals surface area contributed by atoms with Gasteiger partial charge in [-0.05, 0) is 38.0 Å². The Morgan fingerprint density at radius 3 is 2.63 bits per heavy atom. The molecule has 2 atom stereocenters. The lowest BCUT2D eigenvalue weighted by Crippen LogP contribution is -2.29. The van der Waals surface area contributed by atoms with Crippen molar-refractivity contribution in [3.63, 3.8) is 0 Å². The Labute approximate surface area is 113 Å². The Balaban J connectivity index is 2.30. The summed E-state index contributed by atoms with van der Waals surface area (Å²) in [5.74, 6) is -1.64. The van der Waals surface area contributed by atoms with Crippen LogP contribution in [0, 0.1) is 18.7 Å². The molecule has 4 heteroatoms. The molecule has 1 saturated heterocycles. The zero-order valence-electron chi connectivity index (χ0n) is 11.6. The van der Waals surface area contributed by atoms with E-state index in [2.05, 4.69) is 18.7 Å². The molecule has 0 saturated carbocycles. The van der Waals surface area contributed by atoms with Gasteiger partial charge >= 0.3 is 5.97 Å². The number of aliphatic carboxylic acids is 1. The molecule has 2 rings (SSSR count). The Kier molecular flexibility index (Phi) is 3.90. The predicted octanol–water partition coefficient (Wildman–Crippen LogP) is 2.64. The van der Waals surface area contributed by atoms with E-state index < -0.39 is 11.9 Å². The van der Waals surface area contributed by atoms with Gasteiger partial charge in [0, 0.05) is 25.0 Å². The topological polar surface area (TPSA) is 40.5 Å². The molecule has 1 aromatic rings. The number of halogens is 1. The molecule has 3 nitrogen and oxygen atoms in total. The maximum Gasteiger partial charge on any atom is 0.308 e. The Bertz CT molecular complexity index is 487. The lowest BCUT2D eigenvalue weighted by molar-refractivity contribution is -0.141. The summed E-state index contributed by atoms with van der Waals surface area (Å²) in [6, 6.07) is 5.37. The summed E-state index contributed by atoms with van der Waals surface area (Å²) in [6.45, 7) is 7.03. The van der Waals surface area contributed by atoms with Crippen molar-refractivity contribution in [2.75, 3.05) is 13.1 Å². The zero-order chi connectivity index (χ0) is 14.2. The molecule has 2 unspecified atom stereocenters. The highest BCUT2D eigenvalue weighted by Crippen LogP contribution is 2.34. The van der Waals surface area contributed by atoms with Gasteiger partial charge < -0.3 is 5.11 Å². The summed E-state index contributed by atoms with van der Waals surface area (Å²) in [4.78, 5) is 13.5. The fourth-order valence-corrected chi connectivity index (χ4v) is 2.68. The first-order chi connectivity index (χ1) is 8.90. The zero-order valence-corrected chi connectivity index (χ0v) is 11.6. The van der Waals surface area contributed by atoms with Crippen molar-refractivity contribution in [1.82, 2.24) is 4.90 Å². The van der Waals surface area contributed by atoms with Crippen LogP contribution >= 0.6 is 0 Å². The van der Waals surface area contributed by atoms with E-state index in [0.717, 1.165) is 5.56 Å². The van der Waals surface area contributed by atoms with Crippen LogP contribution in [0.2, 0.25) is 0 Å². The molecule has 1 fully saturated rings. The molecule has 0 bridgehead atoms. The summed E-state index contributed by atoms with van der Waals surface area (Å²) in [7, 11) is 0. The van der Waals surface area contributed by atoms with Crippen LogP contribution in [0.1, 0.15) is 30.9 Å². The number of nitrogens with zero attached hydrogens (tertiary/aromatic N) is 1. The SMILES string of the molecule is Cc1ccc(C2CN(C(C)C)CC2C(=O)O)cc1F. The maximum atomic E-state index is 13.7. The number of aryl methyl sites for hydroxylation is 1. The number of benzene rings is 1. The highest BCUT2D eigenvalue weighted by Gasteiger charge is 2.39. The van der Waals surface area contributed by atoms with Crippen molar-refractivity contribution >= 4 is 5.97 Å². The third-order valence-electron chi connectivity index (χ3n) is 4.02. The van der Waals surface area contributed by atoms with E-state index in [9.17, 15) is 14.3 Å². The van der Waals surface area contributed by atoms with Gasteiger partial charge in [0.2, 0.25) is 0 Å². The average Bonchev–Trinajstić information content (AvgIpc) is 2.78. The Morgan fingerprint density at radius 1 is 1.42 bits per heavy atom. The second kappa shape index (κ2) is 5.29. The molecule has 1 aromatic carbocycles. The lowest BCUT2D eigenvalue weighted by Gasteiger charge is -2.20. The van der Waals surface area contributed by atoms with Gasteiger partial charge in [0.1, 0.15) is 5.82 Å². The molecule has 0 spiro atoms. The number of carboxylic acids is 1. The summed E-state index contributed by atoms with van der Waals surface area (Å²) >= 11 is 0. The van der Waals surface area contributed by atoms with E-state index in [-0.39, 0.29) is 11.7 Å². The molecule has 1 heterocycles. The first kappa shape index (κ1) is 14.0. The van der Waals surface area contributed by atoms with Gasteiger partial charge in [0.15, 0.2) is 0 Å². The van der Waals surface area contributed by atoms with Crippen LogP contribution in [-0.4, -0.2) is 35.1 Å². The summed E-state index contributed by atoms with van der Waals surface area (Å²) in [5, 5.41) is 9.35. The molecule has 104 valence electrons. The highest BCUT2D eigenvalue weighted by atomic mass is 19.1. The van der Waals surface area contributed by atoms with E-state index in [1.165, 1.54) is 6.07 Å². The van der Waals surface area contributed by atoms with E-state index in [0.29, 0.717) is 24.7 Å². The van der Waals surface area contributed by atoms with E-state index in [4.69, 9.17) is 0 Å². The minimum absolute atomic E-state index is 0.130. The predicted molar refractivity (Wildman–Crippen MR) is 71.7 cm³/mol. The monoisotopic (exact) mass is 265 g/mol. The quantitative estimate of drug-likeness (QED) is 0.913. The summed E-state index contributed by atoms with van der Waals surface area (Å²) in [6.07, 6.45) is 0. The fraction of sp³-hybridized carbons (Fsp3) is 0.533. The lowest BCUT2D eigenvalue weighted by atomic mass is 9.88. The van der Waals surface area contributed by atoms with Crippen LogP contribution in [0.25, 0.3) is 0 Å². The summed E-state index contributed by atoms with van der Waals surface area (Å²) < 4.78 is 13.7. The molecule has 0 aromatic heterocycles. The van der Waals surface area contributed by atoms with E-state index in [1.807, 2.05) is 6.07 Å². The van der Waals surface area contributed by atoms with Crippen LogP contribution in [0.4, 0.5) is 4.39 Å². The van der Waals surface area contributed by atoms with Crippen LogP contribution in [0.5, 0.6) is 0 Å². The van der Waals surface area contributed by atoms with Crippen molar-refractivity contribution in [3.05, 3.63) is 35.1 Å².